The molecule has 0 fully saturated rings. The summed E-state index contributed by atoms with van der Waals surface area (Å²) in [6.07, 6.45) is 4.55. The van der Waals surface area contributed by atoms with Gasteiger partial charge in [-0.3, -0.25) is 0 Å². The smallest absolute Gasteiger partial charge is 0.350 e. The molecule has 3 aromatic heterocycles. The average Bonchev–Trinajstić information content (AvgIpc) is 3.26. The van der Waals surface area contributed by atoms with Gasteiger partial charge in [-0.05, 0) is 42.5 Å². The van der Waals surface area contributed by atoms with E-state index in [0.29, 0.717) is 23.5 Å². The first kappa shape index (κ1) is 17.9. The van der Waals surface area contributed by atoms with Crippen molar-refractivity contribution >= 4 is 40.1 Å². The molecule has 0 aromatic carbocycles. The van der Waals surface area contributed by atoms with E-state index in [9.17, 15) is 9.59 Å². The van der Waals surface area contributed by atoms with Crippen LogP contribution in [0.15, 0.2) is 36.0 Å². The third-order valence-corrected chi connectivity index (χ3v) is 4.92. The number of methoxy groups -OCH3 is 1. The summed E-state index contributed by atoms with van der Waals surface area (Å²) in [4.78, 5) is 28.5. The van der Waals surface area contributed by atoms with Crippen LogP contribution in [0.3, 0.4) is 0 Å². The first-order valence-corrected chi connectivity index (χ1v) is 9.15. The van der Waals surface area contributed by atoms with Gasteiger partial charge in [0.25, 0.3) is 0 Å². The molecule has 3 aromatic rings. The summed E-state index contributed by atoms with van der Waals surface area (Å²) in [5, 5.41) is 8.34. The Bertz CT molecular complexity index is 932. The number of thiophene rings is 1. The fourth-order valence-corrected chi connectivity index (χ4v) is 3.54. The highest BCUT2D eigenvalue weighted by Crippen LogP contribution is 2.23. The van der Waals surface area contributed by atoms with E-state index in [1.54, 1.807) is 17.6 Å². The molecule has 0 aliphatic heterocycles. The Balaban J connectivity index is 1.60. The Morgan fingerprint density at radius 3 is 2.96 bits per heavy atom. The van der Waals surface area contributed by atoms with Crippen LogP contribution in [0, 0.1) is 0 Å². The highest BCUT2D eigenvalue weighted by Gasteiger charge is 2.15. The molecule has 0 spiro atoms. The molecule has 0 saturated heterocycles. The largest absolute Gasteiger partial charge is 0.465 e. The van der Waals surface area contributed by atoms with Crippen molar-refractivity contribution in [3.63, 3.8) is 0 Å². The molecule has 2 N–H and O–H groups in total. The van der Waals surface area contributed by atoms with Crippen molar-refractivity contribution < 1.29 is 14.3 Å². The summed E-state index contributed by atoms with van der Waals surface area (Å²) >= 11 is 1.22. The lowest BCUT2D eigenvalue weighted by Crippen LogP contribution is -2.30. The first-order valence-electron chi connectivity index (χ1n) is 8.27. The van der Waals surface area contributed by atoms with Crippen LogP contribution in [-0.2, 0) is 17.7 Å². The number of aromatic nitrogens is 2. The zero-order valence-corrected chi connectivity index (χ0v) is 15.4. The van der Waals surface area contributed by atoms with Crippen LogP contribution in [0.5, 0.6) is 0 Å². The number of carbonyl (C=O) groups excluding carboxylic acids is 2. The molecule has 136 valence electrons. The Labute approximate surface area is 155 Å². The zero-order chi connectivity index (χ0) is 18.5. The zero-order valence-electron chi connectivity index (χ0n) is 14.6. The number of pyridine rings is 1. The van der Waals surface area contributed by atoms with E-state index in [2.05, 4.69) is 33.3 Å². The Kier molecular flexibility index (Phi) is 5.52. The number of hydrogen-bond acceptors (Lipinski definition) is 5. The van der Waals surface area contributed by atoms with E-state index in [0.717, 1.165) is 23.1 Å². The van der Waals surface area contributed by atoms with Gasteiger partial charge in [-0.15, -0.1) is 11.3 Å². The molecule has 26 heavy (non-hydrogen) atoms. The van der Waals surface area contributed by atoms with E-state index in [4.69, 9.17) is 4.74 Å². The highest BCUT2D eigenvalue weighted by atomic mass is 32.1. The van der Waals surface area contributed by atoms with Crippen molar-refractivity contribution in [2.75, 3.05) is 19.0 Å². The van der Waals surface area contributed by atoms with Crippen molar-refractivity contribution in [3.8, 4) is 0 Å². The van der Waals surface area contributed by atoms with Crippen molar-refractivity contribution in [1.29, 1.82) is 0 Å². The molecule has 0 aliphatic carbocycles. The predicted molar refractivity (Wildman–Crippen MR) is 102 cm³/mol. The monoisotopic (exact) mass is 372 g/mol. The van der Waals surface area contributed by atoms with Crippen LogP contribution in [-0.4, -0.2) is 35.2 Å². The SMILES string of the molecule is CCn1cc(CCNC(=O)Nc2ccsc2C(=O)OC)c2cccnc21. The number of rotatable bonds is 6. The Morgan fingerprint density at radius 2 is 2.19 bits per heavy atom. The van der Waals surface area contributed by atoms with Gasteiger partial charge in [-0.2, -0.15) is 0 Å². The summed E-state index contributed by atoms with van der Waals surface area (Å²) in [7, 11) is 1.31. The lowest BCUT2D eigenvalue weighted by molar-refractivity contribution is 0.0607. The number of nitrogens with zero attached hydrogens (tertiary/aromatic N) is 2. The molecule has 0 saturated carbocycles. The van der Waals surface area contributed by atoms with E-state index < -0.39 is 5.97 Å². The van der Waals surface area contributed by atoms with Crippen molar-refractivity contribution in [1.82, 2.24) is 14.9 Å². The average molecular weight is 372 g/mol. The lowest BCUT2D eigenvalue weighted by atomic mass is 10.1. The van der Waals surface area contributed by atoms with Crippen LogP contribution < -0.4 is 10.6 Å². The van der Waals surface area contributed by atoms with E-state index >= 15 is 0 Å². The maximum atomic E-state index is 12.1. The van der Waals surface area contributed by atoms with Gasteiger partial charge in [0.05, 0.1) is 12.8 Å². The minimum absolute atomic E-state index is 0.356. The minimum Gasteiger partial charge on any atom is -0.465 e. The van der Waals surface area contributed by atoms with Crippen molar-refractivity contribution in [3.05, 3.63) is 46.4 Å². The number of nitrogens with one attached hydrogen (secondary N) is 2. The summed E-state index contributed by atoms with van der Waals surface area (Å²) in [6.45, 7) is 3.39. The summed E-state index contributed by atoms with van der Waals surface area (Å²) in [5.41, 5.74) is 2.54. The van der Waals surface area contributed by atoms with Gasteiger partial charge >= 0.3 is 12.0 Å². The lowest BCUT2D eigenvalue weighted by Gasteiger charge is -2.07. The fourth-order valence-electron chi connectivity index (χ4n) is 2.77. The van der Waals surface area contributed by atoms with Crippen LogP contribution in [0.4, 0.5) is 10.5 Å². The van der Waals surface area contributed by atoms with Crippen LogP contribution in [0.1, 0.15) is 22.2 Å². The minimum atomic E-state index is -0.463. The van der Waals surface area contributed by atoms with Gasteiger partial charge in [-0.25, -0.2) is 14.6 Å². The standard InChI is InChI=1S/C18H20N4O3S/c1-3-22-11-12(13-5-4-8-19-16(13)22)6-9-20-18(24)21-14-7-10-26-15(14)17(23)25-2/h4-5,7-8,10-11H,3,6,9H2,1-2H3,(H2,20,21,24). The van der Waals surface area contributed by atoms with Crippen LogP contribution in [0.25, 0.3) is 11.0 Å². The summed E-state index contributed by atoms with van der Waals surface area (Å²) in [5.74, 6) is -0.463. The van der Waals surface area contributed by atoms with Gasteiger partial charge in [0, 0.05) is 30.9 Å². The van der Waals surface area contributed by atoms with Crippen molar-refractivity contribution in [2.45, 2.75) is 19.9 Å². The van der Waals surface area contributed by atoms with Crippen molar-refractivity contribution in [2.24, 2.45) is 0 Å². The maximum absolute atomic E-state index is 12.1. The maximum Gasteiger partial charge on any atom is 0.350 e. The molecule has 0 unspecified atom stereocenters. The van der Waals surface area contributed by atoms with Gasteiger partial charge < -0.3 is 19.9 Å². The molecule has 0 aliphatic rings. The molecule has 8 heteroatoms. The third kappa shape index (κ3) is 3.70. The van der Waals surface area contributed by atoms with Gasteiger partial charge in [0.2, 0.25) is 0 Å². The molecule has 0 atom stereocenters. The highest BCUT2D eigenvalue weighted by molar-refractivity contribution is 7.12. The molecule has 3 rings (SSSR count). The second kappa shape index (κ2) is 8.01. The fraction of sp³-hybridized carbons (Fsp3) is 0.278. The molecule has 7 nitrogen and oxygen atoms in total. The normalized spacial score (nSPS) is 10.7. The first-order chi connectivity index (χ1) is 12.6. The van der Waals surface area contributed by atoms with E-state index in [-0.39, 0.29) is 6.03 Å². The topological polar surface area (TPSA) is 85.2 Å². The molecular formula is C18H20N4O3S. The molecular weight excluding hydrogens is 352 g/mol. The summed E-state index contributed by atoms with van der Waals surface area (Å²) in [6, 6.07) is 5.28. The summed E-state index contributed by atoms with van der Waals surface area (Å²) < 4.78 is 6.80. The molecule has 0 bridgehead atoms. The second-order valence-electron chi connectivity index (χ2n) is 5.60. The predicted octanol–water partition coefficient (Wildman–Crippen LogP) is 3.27. The van der Waals surface area contributed by atoms with Crippen LogP contribution in [0.2, 0.25) is 0 Å². The molecule has 2 amide bonds. The van der Waals surface area contributed by atoms with Gasteiger partial charge in [0.15, 0.2) is 0 Å². The Hall–Kier alpha value is -2.87. The number of fused-ring (bicyclic) bond motifs is 1. The number of aryl methyl sites for hydroxylation is 1. The number of urea groups is 1. The molecule has 0 radical (unpaired) electrons. The number of carbonyl (C=O) groups is 2. The Morgan fingerprint density at radius 1 is 1.35 bits per heavy atom. The molecule has 3 heterocycles. The van der Waals surface area contributed by atoms with Crippen LogP contribution >= 0.6 is 11.3 Å². The van der Waals surface area contributed by atoms with Gasteiger partial charge in [0.1, 0.15) is 10.5 Å². The second-order valence-corrected chi connectivity index (χ2v) is 6.52. The number of hydrogen-bond donors (Lipinski definition) is 2. The number of ether oxygens (including phenoxy) is 1. The quantitative estimate of drug-likeness (QED) is 0.650. The number of anilines is 1. The van der Waals surface area contributed by atoms with Gasteiger partial charge in [-0.1, -0.05) is 0 Å². The van der Waals surface area contributed by atoms with E-state index in [1.165, 1.54) is 18.4 Å². The third-order valence-electron chi connectivity index (χ3n) is 4.02. The number of amides is 2. The number of esters is 1. The van der Waals surface area contributed by atoms with E-state index in [1.807, 2.05) is 12.1 Å².